The molecule has 3 rings (SSSR count). The van der Waals surface area contributed by atoms with Crippen LogP contribution in [0.15, 0.2) is 66.7 Å². The maximum absolute atomic E-state index is 13.7. The van der Waals surface area contributed by atoms with E-state index in [1.54, 1.807) is 60.7 Å². The van der Waals surface area contributed by atoms with Crippen LogP contribution in [0, 0.1) is 6.92 Å². The van der Waals surface area contributed by atoms with Crippen molar-refractivity contribution in [2.75, 3.05) is 0 Å². The van der Waals surface area contributed by atoms with Crippen LogP contribution in [0.5, 0.6) is 0 Å². The standard InChI is InChI=1S/C25H24Cl2NO6P/c1-16-3-2-4-20(11-16)25(31)28(14-17-5-7-18(8-6-17)15-35(32,33)34)23(13-24(29)30)19-9-10-21(26)22(27)12-19/h2-12,23H,13-15H2,1H3,(H,29,30)(H2,32,33,34). The Morgan fingerprint density at radius 1 is 0.943 bits per heavy atom. The van der Waals surface area contributed by atoms with Crippen LogP contribution >= 0.6 is 30.8 Å². The molecule has 184 valence electrons. The summed E-state index contributed by atoms with van der Waals surface area (Å²) in [5.74, 6) is -1.47. The third kappa shape index (κ3) is 7.66. The van der Waals surface area contributed by atoms with E-state index in [1.807, 2.05) is 13.0 Å². The van der Waals surface area contributed by atoms with Gasteiger partial charge in [-0.3, -0.25) is 14.2 Å². The summed E-state index contributed by atoms with van der Waals surface area (Å²) in [5, 5.41) is 10.2. The molecule has 0 heterocycles. The molecule has 7 nitrogen and oxygen atoms in total. The predicted octanol–water partition coefficient (Wildman–Crippen LogP) is 5.84. The van der Waals surface area contributed by atoms with Crippen molar-refractivity contribution < 1.29 is 29.0 Å². The van der Waals surface area contributed by atoms with Crippen LogP contribution in [-0.2, 0) is 22.1 Å². The van der Waals surface area contributed by atoms with E-state index in [9.17, 15) is 29.0 Å². The van der Waals surface area contributed by atoms with E-state index in [1.165, 1.54) is 4.90 Å². The minimum absolute atomic E-state index is 0.0567. The molecule has 0 aliphatic carbocycles. The van der Waals surface area contributed by atoms with Gasteiger partial charge in [-0.1, -0.05) is 71.2 Å². The fraction of sp³-hybridized carbons (Fsp3) is 0.200. The monoisotopic (exact) mass is 535 g/mol. The summed E-state index contributed by atoms with van der Waals surface area (Å²) < 4.78 is 11.3. The number of rotatable bonds is 9. The van der Waals surface area contributed by atoms with E-state index >= 15 is 0 Å². The summed E-state index contributed by atoms with van der Waals surface area (Å²) >= 11 is 12.3. The van der Waals surface area contributed by atoms with Crippen molar-refractivity contribution in [3.8, 4) is 0 Å². The Balaban J connectivity index is 2.04. The molecule has 3 aromatic carbocycles. The van der Waals surface area contributed by atoms with Gasteiger partial charge in [0.1, 0.15) is 0 Å². The van der Waals surface area contributed by atoms with Gasteiger partial charge in [0.05, 0.1) is 28.7 Å². The second-order valence-electron chi connectivity index (χ2n) is 8.23. The molecule has 1 atom stereocenters. The number of hydrogen-bond acceptors (Lipinski definition) is 3. The smallest absolute Gasteiger partial charge is 0.329 e. The number of nitrogens with zero attached hydrogens (tertiary/aromatic N) is 1. The molecule has 35 heavy (non-hydrogen) atoms. The molecule has 1 unspecified atom stereocenters. The van der Waals surface area contributed by atoms with Gasteiger partial charge in [-0.2, -0.15) is 0 Å². The zero-order valence-corrected chi connectivity index (χ0v) is 21.2. The summed E-state index contributed by atoms with van der Waals surface area (Å²) in [6.45, 7) is 1.91. The van der Waals surface area contributed by atoms with Crippen molar-refractivity contribution in [1.82, 2.24) is 4.90 Å². The van der Waals surface area contributed by atoms with Crippen molar-refractivity contribution in [2.24, 2.45) is 0 Å². The molecule has 0 saturated heterocycles. The third-order valence-corrected chi connectivity index (χ3v) is 6.88. The molecule has 3 aromatic rings. The van der Waals surface area contributed by atoms with Crippen LogP contribution in [0.1, 0.15) is 45.1 Å². The van der Waals surface area contributed by atoms with Gasteiger partial charge in [0.15, 0.2) is 0 Å². The molecule has 0 spiro atoms. The number of aliphatic carboxylic acids is 1. The fourth-order valence-corrected chi connectivity index (χ4v) is 4.74. The van der Waals surface area contributed by atoms with Crippen LogP contribution < -0.4 is 0 Å². The average molecular weight is 536 g/mol. The fourth-order valence-electron chi connectivity index (χ4n) is 3.75. The molecule has 1 amide bonds. The second kappa shape index (κ2) is 11.4. The van der Waals surface area contributed by atoms with Crippen LogP contribution in [-0.4, -0.2) is 31.7 Å². The number of carboxylic acids is 1. The first-order chi connectivity index (χ1) is 16.4. The Bertz CT molecular complexity index is 1280. The number of aryl methyl sites for hydroxylation is 1. The number of hydrogen-bond donors (Lipinski definition) is 3. The molecule has 0 saturated carbocycles. The lowest BCUT2D eigenvalue weighted by molar-refractivity contribution is -0.138. The van der Waals surface area contributed by atoms with E-state index in [2.05, 4.69) is 0 Å². The van der Waals surface area contributed by atoms with E-state index in [-0.39, 0.29) is 23.9 Å². The molecule has 3 N–H and O–H groups in total. The van der Waals surface area contributed by atoms with Gasteiger partial charge in [0.2, 0.25) is 0 Å². The molecule has 0 radical (unpaired) electrons. The van der Waals surface area contributed by atoms with Gasteiger partial charge in [-0.15, -0.1) is 0 Å². The molecule has 0 aliphatic heterocycles. The van der Waals surface area contributed by atoms with Crippen molar-refractivity contribution in [1.29, 1.82) is 0 Å². The van der Waals surface area contributed by atoms with Crippen LogP contribution in [0.3, 0.4) is 0 Å². The number of carboxylic acid groups (broad SMARTS) is 1. The molecule has 0 aromatic heterocycles. The highest BCUT2D eigenvalue weighted by Crippen LogP contribution is 2.39. The first-order valence-electron chi connectivity index (χ1n) is 10.6. The Morgan fingerprint density at radius 2 is 1.60 bits per heavy atom. The summed E-state index contributed by atoms with van der Waals surface area (Å²) in [7, 11) is -4.22. The summed E-state index contributed by atoms with van der Waals surface area (Å²) in [6.07, 6.45) is -0.768. The van der Waals surface area contributed by atoms with Gasteiger partial charge >= 0.3 is 13.6 Å². The Labute approximate surface area is 213 Å². The van der Waals surface area contributed by atoms with E-state index in [0.29, 0.717) is 27.3 Å². The zero-order valence-electron chi connectivity index (χ0n) is 18.8. The third-order valence-electron chi connectivity index (χ3n) is 5.36. The number of halogens is 2. The van der Waals surface area contributed by atoms with Crippen LogP contribution in [0.4, 0.5) is 0 Å². The first-order valence-corrected chi connectivity index (χ1v) is 13.1. The van der Waals surface area contributed by atoms with E-state index in [4.69, 9.17) is 23.2 Å². The average Bonchev–Trinajstić information content (AvgIpc) is 2.77. The number of benzene rings is 3. The van der Waals surface area contributed by atoms with E-state index < -0.39 is 25.8 Å². The Kier molecular flexibility index (Phi) is 8.75. The highest BCUT2D eigenvalue weighted by atomic mass is 35.5. The van der Waals surface area contributed by atoms with Gasteiger partial charge in [0, 0.05) is 12.1 Å². The number of amides is 1. The predicted molar refractivity (Wildman–Crippen MR) is 135 cm³/mol. The van der Waals surface area contributed by atoms with Gasteiger partial charge in [0.25, 0.3) is 5.91 Å². The molecular formula is C25H24Cl2NO6P. The number of carbonyl (C=O) groups is 2. The van der Waals surface area contributed by atoms with Crippen LogP contribution in [0.25, 0.3) is 0 Å². The van der Waals surface area contributed by atoms with Gasteiger partial charge < -0.3 is 19.8 Å². The maximum Gasteiger partial charge on any atom is 0.329 e. The Hall–Kier alpha value is -2.67. The highest BCUT2D eigenvalue weighted by Gasteiger charge is 2.29. The summed E-state index contributed by atoms with van der Waals surface area (Å²) in [6, 6.07) is 17.4. The van der Waals surface area contributed by atoms with E-state index in [0.717, 1.165) is 5.56 Å². The molecule has 0 fully saturated rings. The van der Waals surface area contributed by atoms with Crippen molar-refractivity contribution in [3.05, 3.63) is 105 Å². The Morgan fingerprint density at radius 3 is 2.17 bits per heavy atom. The topological polar surface area (TPSA) is 115 Å². The van der Waals surface area contributed by atoms with Gasteiger partial charge in [-0.05, 0) is 47.9 Å². The number of carbonyl (C=O) groups excluding carboxylic acids is 1. The SMILES string of the molecule is Cc1cccc(C(=O)N(Cc2ccc(CP(=O)(O)O)cc2)C(CC(=O)O)c2ccc(Cl)c(Cl)c2)c1. The van der Waals surface area contributed by atoms with Gasteiger partial charge in [-0.25, -0.2) is 0 Å². The van der Waals surface area contributed by atoms with Crippen LogP contribution in [0.2, 0.25) is 10.0 Å². The largest absolute Gasteiger partial charge is 0.481 e. The molecular weight excluding hydrogens is 512 g/mol. The van der Waals surface area contributed by atoms with Crippen molar-refractivity contribution >= 4 is 42.7 Å². The van der Waals surface area contributed by atoms with Crippen molar-refractivity contribution in [3.63, 3.8) is 0 Å². The summed E-state index contributed by atoms with van der Waals surface area (Å²) in [5.41, 5.74) is 2.91. The zero-order chi connectivity index (χ0) is 25.8. The minimum Gasteiger partial charge on any atom is -0.481 e. The molecule has 10 heteroatoms. The lowest BCUT2D eigenvalue weighted by atomic mass is 9.99. The lowest BCUT2D eigenvalue weighted by Crippen LogP contribution is -2.36. The normalized spacial score (nSPS) is 12.3. The first kappa shape index (κ1) is 26.9. The quantitative estimate of drug-likeness (QED) is 0.296. The molecule has 0 bridgehead atoms. The highest BCUT2D eigenvalue weighted by molar-refractivity contribution is 7.50. The molecule has 0 aliphatic rings. The lowest BCUT2D eigenvalue weighted by Gasteiger charge is -2.32. The van der Waals surface area contributed by atoms with Crippen molar-refractivity contribution in [2.45, 2.75) is 32.1 Å². The maximum atomic E-state index is 13.7. The summed E-state index contributed by atoms with van der Waals surface area (Å²) in [4.78, 5) is 45.4. The minimum atomic E-state index is -4.22. The second-order valence-corrected chi connectivity index (χ2v) is 10.7.